The number of aromatic nitrogens is 3. The van der Waals surface area contributed by atoms with Gasteiger partial charge in [-0.1, -0.05) is 22.9 Å². The van der Waals surface area contributed by atoms with Gasteiger partial charge in [0.2, 0.25) is 10.0 Å². The van der Waals surface area contributed by atoms with E-state index in [4.69, 9.17) is 0 Å². The Kier molecular flexibility index (Phi) is 9.09. The van der Waals surface area contributed by atoms with Crippen molar-refractivity contribution < 1.29 is 38.7 Å². The van der Waals surface area contributed by atoms with E-state index in [0.717, 1.165) is 18.7 Å². The number of aliphatic hydroxyl groups excluding tert-OH is 4. The first-order chi connectivity index (χ1) is 17.4. The summed E-state index contributed by atoms with van der Waals surface area (Å²) in [5.41, 5.74) is 0.622. The molecular formula is C21H31N7O8S. The van der Waals surface area contributed by atoms with Gasteiger partial charge in [-0.3, -0.25) is 4.79 Å². The fourth-order valence-electron chi connectivity index (χ4n) is 3.64. The van der Waals surface area contributed by atoms with Crippen LogP contribution in [0.2, 0.25) is 0 Å². The summed E-state index contributed by atoms with van der Waals surface area (Å²) in [5, 5.41) is 64.3. The maximum Gasteiger partial charge on any atom is 0.276 e. The normalized spacial score (nSPS) is 24.7. The largest absolute Gasteiger partial charge is 0.395 e. The predicted molar refractivity (Wildman–Crippen MR) is 129 cm³/mol. The van der Waals surface area contributed by atoms with E-state index in [1.807, 2.05) is 0 Å². The first-order valence-electron chi connectivity index (χ1n) is 11.3. The molecule has 204 valence electrons. The summed E-state index contributed by atoms with van der Waals surface area (Å²) in [6.07, 6.45) is -1.57. The van der Waals surface area contributed by atoms with Gasteiger partial charge in [-0.25, -0.2) is 23.2 Å². The van der Waals surface area contributed by atoms with Gasteiger partial charge in [0.15, 0.2) is 5.60 Å². The number of aryl methyl sites for hydroxylation is 1. The molecule has 6 atom stereocenters. The van der Waals surface area contributed by atoms with Crippen molar-refractivity contribution in [2.45, 2.75) is 61.3 Å². The molecule has 2 unspecified atom stereocenters. The Hall–Kier alpha value is -2.83. The summed E-state index contributed by atoms with van der Waals surface area (Å²) < 4.78 is 28.5. The van der Waals surface area contributed by atoms with E-state index in [9.17, 15) is 38.7 Å². The lowest BCUT2D eigenvalue weighted by atomic mass is 9.97. The number of hydrazone groups is 1. The molecule has 0 spiro atoms. The van der Waals surface area contributed by atoms with E-state index in [1.54, 1.807) is 19.1 Å². The zero-order chi connectivity index (χ0) is 27.4. The van der Waals surface area contributed by atoms with Crippen LogP contribution in [-0.2, 0) is 21.4 Å². The van der Waals surface area contributed by atoms with Crippen molar-refractivity contribution in [3.63, 3.8) is 0 Å². The first-order valence-corrected chi connectivity index (χ1v) is 12.8. The molecule has 1 aromatic carbocycles. The molecule has 15 nitrogen and oxygen atoms in total. The summed E-state index contributed by atoms with van der Waals surface area (Å²) in [5.74, 6) is -1.17. The Morgan fingerprint density at radius 3 is 2.51 bits per heavy atom. The molecule has 2 heterocycles. The van der Waals surface area contributed by atoms with E-state index < -0.39 is 58.5 Å². The highest BCUT2D eigenvalue weighted by molar-refractivity contribution is 7.89. The SMILES string of the molecule is Cc1ccc(S(=O)(=O)NCC(O)(C(=O)N/N=C/c2cnnn2C[C@H]2N[C@H](CO)[C@@H](O)[C@@H]2O)C(C)O)cc1. The van der Waals surface area contributed by atoms with Crippen molar-refractivity contribution in [1.82, 2.24) is 30.5 Å². The van der Waals surface area contributed by atoms with Crippen LogP contribution in [0.25, 0.3) is 0 Å². The molecule has 0 saturated carbocycles. The van der Waals surface area contributed by atoms with Gasteiger partial charge in [0.05, 0.1) is 67.4 Å². The summed E-state index contributed by atoms with van der Waals surface area (Å²) >= 11 is 0. The number of sulfonamides is 1. The fraction of sp³-hybridized carbons (Fsp3) is 0.524. The van der Waals surface area contributed by atoms with Gasteiger partial charge in [-0.15, -0.1) is 5.10 Å². The number of carbonyl (C=O) groups excluding carboxylic acids is 1. The third kappa shape index (κ3) is 6.55. The Balaban J connectivity index is 1.64. The second-order valence-electron chi connectivity index (χ2n) is 8.82. The summed E-state index contributed by atoms with van der Waals surface area (Å²) in [6, 6.07) is 4.55. The second-order valence-corrected chi connectivity index (χ2v) is 10.6. The maximum atomic E-state index is 12.6. The fourth-order valence-corrected chi connectivity index (χ4v) is 4.71. The molecule has 16 heteroatoms. The van der Waals surface area contributed by atoms with E-state index >= 15 is 0 Å². The average Bonchev–Trinajstić information content (AvgIpc) is 3.41. The van der Waals surface area contributed by atoms with Gasteiger partial charge in [0.25, 0.3) is 5.91 Å². The molecule has 0 aliphatic carbocycles. The zero-order valence-corrected chi connectivity index (χ0v) is 20.9. The standard InChI is InChI=1S/C21H31N7O8S/c1-12-3-5-15(6-4-12)37(35,36)24-11-21(34,13(2)30)20(33)26-22-7-14-8-23-27-28(14)9-16-18(31)19(32)17(10-29)25-16/h3-8,13,16-19,24-25,29-32,34H,9-11H2,1-2H3,(H,26,33)/b22-7+/t13?,16-,17-,18-,19-,21?/m1/s1. The highest BCUT2D eigenvalue weighted by Crippen LogP contribution is 2.17. The number of aliphatic hydroxyl groups is 5. The molecule has 2 aromatic rings. The minimum atomic E-state index is -4.08. The number of amides is 1. The molecule has 1 aliphatic rings. The first kappa shape index (κ1) is 28.7. The van der Waals surface area contributed by atoms with Crippen LogP contribution in [0.3, 0.4) is 0 Å². The smallest absolute Gasteiger partial charge is 0.276 e. The molecule has 1 saturated heterocycles. The van der Waals surface area contributed by atoms with Crippen molar-refractivity contribution in [3.05, 3.63) is 41.7 Å². The summed E-state index contributed by atoms with van der Waals surface area (Å²) in [6.45, 7) is 1.75. The van der Waals surface area contributed by atoms with Gasteiger partial charge in [-0.2, -0.15) is 5.10 Å². The number of rotatable bonds is 11. The van der Waals surface area contributed by atoms with Crippen LogP contribution in [0.15, 0.2) is 40.5 Å². The summed E-state index contributed by atoms with van der Waals surface area (Å²) in [4.78, 5) is 12.6. The third-order valence-electron chi connectivity index (χ3n) is 6.13. The zero-order valence-electron chi connectivity index (χ0n) is 20.1. The Bertz CT molecular complexity index is 1200. The van der Waals surface area contributed by atoms with E-state index in [-0.39, 0.29) is 23.7 Å². The quantitative estimate of drug-likeness (QED) is 0.101. The molecular weight excluding hydrogens is 510 g/mol. The summed E-state index contributed by atoms with van der Waals surface area (Å²) in [7, 11) is -4.08. The maximum absolute atomic E-state index is 12.6. The predicted octanol–water partition coefficient (Wildman–Crippen LogP) is -3.82. The lowest BCUT2D eigenvalue weighted by molar-refractivity contribution is -0.150. The van der Waals surface area contributed by atoms with Crippen molar-refractivity contribution in [1.29, 1.82) is 0 Å². The Morgan fingerprint density at radius 2 is 1.92 bits per heavy atom. The molecule has 0 bridgehead atoms. The van der Waals surface area contributed by atoms with Crippen LogP contribution in [0, 0.1) is 6.92 Å². The van der Waals surface area contributed by atoms with E-state index in [0.29, 0.717) is 0 Å². The van der Waals surface area contributed by atoms with Crippen LogP contribution in [0.1, 0.15) is 18.2 Å². The number of carbonyl (C=O) groups is 1. The van der Waals surface area contributed by atoms with E-state index in [2.05, 4.69) is 30.9 Å². The number of hydrogen-bond acceptors (Lipinski definition) is 12. The number of hydrogen-bond donors (Lipinski definition) is 8. The van der Waals surface area contributed by atoms with Crippen molar-refractivity contribution in [3.8, 4) is 0 Å². The van der Waals surface area contributed by atoms with Gasteiger partial charge >= 0.3 is 0 Å². The van der Waals surface area contributed by atoms with Gasteiger partial charge in [0, 0.05) is 0 Å². The Labute approximate surface area is 212 Å². The lowest BCUT2D eigenvalue weighted by Gasteiger charge is -2.28. The van der Waals surface area contributed by atoms with Crippen LogP contribution < -0.4 is 15.5 Å². The molecule has 0 radical (unpaired) electrons. The molecule has 37 heavy (non-hydrogen) atoms. The van der Waals surface area contributed by atoms with Crippen molar-refractivity contribution >= 4 is 22.1 Å². The lowest BCUT2D eigenvalue weighted by Crippen LogP contribution is -2.59. The average molecular weight is 542 g/mol. The van der Waals surface area contributed by atoms with Crippen molar-refractivity contribution in [2.24, 2.45) is 5.10 Å². The number of nitrogens with zero attached hydrogens (tertiary/aromatic N) is 4. The van der Waals surface area contributed by atoms with Gasteiger partial charge in [0.1, 0.15) is 5.69 Å². The monoisotopic (exact) mass is 541 g/mol. The number of nitrogens with one attached hydrogen (secondary N) is 3. The van der Waals surface area contributed by atoms with Crippen LogP contribution in [0.4, 0.5) is 0 Å². The minimum Gasteiger partial charge on any atom is -0.395 e. The van der Waals surface area contributed by atoms with Gasteiger partial charge in [-0.05, 0) is 26.0 Å². The minimum absolute atomic E-state index is 0.0441. The third-order valence-corrected chi connectivity index (χ3v) is 7.54. The Morgan fingerprint density at radius 1 is 1.27 bits per heavy atom. The highest BCUT2D eigenvalue weighted by atomic mass is 32.2. The molecule has 1 fully saturated rings. The molecule has 8 N–H and O–H groups in total. The van der Waals surface area contributed by atoms with Gasteiger partial charge < -0.3 is 30.8 Å². The van der Waals surface area contributed by atoms with E-state index in [1.165, 1.54) is 23.0 Å². The van der Waals surface area contributed by atoms with Crippen LogP contribution >= 0.6 is 0 Å². The molecule has 1 aromatic heterocycles. The molecule has 3 rings (SSSR count). The highest BCUT2D eigenvalue weighted by Gasteiger charge is 2.43. The van der Waals surface area contributed by atoms with Crippen LogP contribution in [0.5, 0.6) is 0 Å². The van der Waals surface area contributed by atoms with Crippen LogP contribution in [-0.4, -0.2) is 110 Å². The van der Waals surface area contributed by atoms with Crippen molar-refractivity contribution in [2.75, 3.05) is 13.2 Å². The molecule has 1 aliphatic heterocycles. The number of benzene rings is 1. The topological polar surface area (TPSA) is 232 Å². The molecule has 1 amide bonds. The second kappa shape index (κ2) is 11.7.